The van der Waals surface area contributed by atoms with Gasteiger partial charge < -0.3 is 0 Å². The van der Waals surface area contributed by atoms with Crippen molar-refractivity contribution in [2.75, 3.05) is 0 Å². The zero-order valence-corrected chi connectivity index (χ0v) is 22.8. The van der Waals surface area contributed by atoms with Crippen molar-refractivity contribution in [1.29, 1.82) is 0 Å². The summed E-state index contributed by atoms with van der Waals surface area (Å²) in [6.07, 6.45) is 4.66. The lowest BCUT2D eigenvalue weighted by Crippen LogP contribution is -2.32. The maximum atomic E-state index is 2.36. The topological polar surface area (TPSA) is 8.81 Å². The average Bonchev–Trinajstić information content (AvgIpc) is 3.30. The molecule has 0 spiro atoms. The highest BCUT2D eigenvalue weighted by molar-refractivity contribution is 5.71. The molecule has 0 radical (unpaired) electrons. The van der Waals surface area contributed by atoms with Gasteiger partial charge >= 0.3 is 0 Å². The Morgan fingerprint density at radius 1 is 0.595 bits per heavy atom. The molecule has 5 aromatic rings. The van der Waals surface area contributed by atoms with Crippen LogP contribution in [0, 0.1) is 0 Å². The van der Waals surface area contributed by atoms with Crippen LogP contribution in [-0.4, -0.2) is 4.57 Å². The molecule has 0 aliphatic carbocycles. The molecule has 2 heteroatoms. The van der Waals surface area contributed by atoms with Gasteiger partial charge in [0.25, 0.3) is 0 Å². The van der Waals surface area contributed by atoms with Crippen LogP contribution < -0.4 is 4.57 Å². The summed E-state index contributed by atoms with van der Waals surface area (Å²) < 4.78 is 4.70. The highest BCUT2D eigenvalue weighted by Gasteiger charge is 2.16. The molecule has 1 heterocycles. The fraction of sp³-hybridized carbons (Fsp3) is 0.286. The van der Waals surface area contributed by atoms with Crippen molar-refractivity contribution in [2.45, 2.75) is 65.5 Å². The Labute approximate surface area is 223 Å². The molecule has 0 N–H and O–H groups in total. The van der Waals surface area contributed by atoms with Crippen molar-refractivity contribution in [3.8, 4) is 0 Å². The van der Waals surface area contributed by atoms with E-state index in [1.165, 1.54) is 46.1 Å². The molecule has 190 valence electrons. The van der Waals surface area contributed by atoms with Crippen molar-refractivity contribution < 1.29 is 4.57 Å². The normalized spacial score (nSPS) is 12.5. The Morgan fingerprint density at radius 2 is 1.14 bits per heavy atom. The van der Waals surface area contributed by atoms with Gasteiger partial charge in [0, 0.05) is 0 Å². The fourth-order valence-corrected chi connectivity index (χ4v) is 4.68. The number of hydrogen-bond donors (Lipinski definition) is 0. The highest BCUT2D eigenvalue weighted by atomic mass is 15.1. The van der Waals surface area contributed by atoms with Crippen LogP contribution in [0.15, 0.2) is 116 Å². The number of rotatable bonds is 8. The molecule has 4 aromatic carbocycles. The Morgan fingerprint density at radius 3 is 1.76 bits per heavy atom. The maximum Gasteiger partial charge on any atom is 0.245 e. The SMILES string of the molecule is CCC(C)c1ccc(Cn2c[n+](Cc3ccccc3)c3ccccc32)cc1.CCC(C)c1ccccc1. The van der Waals surface area contributed by atoms with Gasteiger partial charge in [-0.3, -0.25) is 0 Å². The number of benzene rings is 4. The van der Waals surface area contributed by atoms with E-state index < -0.39 is 0 Å². The van der Waals surface area contributed by atoms with E-state index in [0.717, 1.165) is 13.1 Å². The van der Waals surface area contributed by atoms with Crippen molar-refractivity contribution in [1.82, 2.24) is 4.57 Å². The first-order valence-electron chi connectivity index (χ1n) is 13.7. The lowest BCUT2D eigenvalue weighted by Gasteiger charge is -2.09. The second kappa shape index (κ2) is 13.1. The average molecular weight is 490 g/mol. The van der Waals surface area contributed by atoms with Crippen LogP contribution in [0.3, 0.4) is 0 Å². The van der Waals surface area contributed by atoms with E-state index in [0.29, 0.717) is 11.8 Å². The van der Waals surface area contributed by atoms with Crippen LogP contribution in [0.2, 0.25) is 0 Å². The fourth-order valence-electron chi connectivity index (χ4n) is 4.68. The van der Waals surface area contributed by atoms with Crippen LogP contribution in [0.25, 0.3) is 11.0 Å². The summed E-state index contributed by atoms with van der Waals surface area (Å²) >= 11 is 0. The van der Waals surface area contributed by atoms with Gasteiger partial charge in [-0.2, -0.15) is 0 Å². The van der Waals surface area contributed by atoms with Crippen molar-refractivity contribution in [3.63, 3.8) is 0 Å². The largest absolute Gasteiger partial charge is 0.245 e. The third-order valence-electron chi connectivity index (χ3n) is 7.47. The number of para-hydroxylation sites is 2. The second-order valence-electron chi connectivity index (χ2n) is 10.1. The molecule has 0 amide bonds. The summed E-state index contributed by atoms with van der Waals surface area (Å²) in [7, 11) is 0. The van der Waals surface area contributed by atoms with Gasteiger partial charge in [0.15, 0.2) is 11.0 Å². The first kappa shape index (κ1) is 26.4. The Hall–Kier alpha value is -3.65. The minimum atomic E-state index is 0.625. The predicted molar refractivity (Wildman–Crippen MR) is 157 cm³/mol. The monoisotopic (exact) mass is 489 g/mol. The van der Waals surface area contributed by atoms with Crippen molar-refractivity contribution in [3.05, 3.63) is 138 Å². The molecule has 0 saturated heterocycles. The van der Waals surface area contributed by atoms with Gasteiger partial charge in [0.2, 0.25) is 6.33 Å². The second-order valence-corrected chi connectivity index (χ2v) is 10.1. The molecule has 1 aromatic heterocycles. The summed E-state index contributed by atoms with van der Waals surface area (Å²) in [6.45, 7) is 10.8. The van der Waals surface area contributed by atoms with Gasteiger partial charge in [-0.25, -0.2) is 9.13 Å². The molecule has 0 aliphatic rings. The number of aromatic nitrogens is 2. The highest BCUT2D eigenvalue weighted by Crippen LogP contribution is 2.20. The van der Waals surface area contributed by atoms with Crippen LogP contribution in [0.5, 0.6) is 0 Å². The van der Waals surface area contributed by atoms with E-state index in [9.17, 15) is 0 Å². The zero-order valence-electron chi connectivity index (χ0n) is 22.8. The van der Waals surface area contributed by atoms with Gasteiger partial charge in [-0.05, 0) is 59.1 Å². The molecule has 0 bridgehead atoms. The lowest BCUT2D eigenvalue weighted by molar-refractivity contribution is -0.663. The van der Waals surface area contributed by atoms with Gasteiger partial charge in [-0.15, -0.1) is 0 Å². The van der Waals surface area contributed by atoms with E-state index in [1.807, 2.05) is 0 Å². The van der Waals surface area contributed by atoms with Gasteiger partial charge in [-0.1, -0.05) is 125 Å². The summed E-state index contributed by atoms with van der Waals surface area (Å²) in [5, 5.41) is 0. The quantitative estimate of drug-likeness (QED) is 0.193. The minimum Gasteiger partial charge on any atom is -0.226 e. The molecule has 2 unspecified atom stereocenters. The minimum absolute atomic E-state index is 0.625. The Kier molecular flexibility index (Phi) is 9.32. The van der Waals surface area contributed by atoms with Crippen LogP contribution in [0.1, 0.15) is 74.6 Å². The summed E-state index contributed by atoms with van der Waals surface area (Å²) in [4.78, 5) is 0. The molecule has 0 aliphatic heterocycles. The van der Waals surface area contributed by atoms with E-state index in [-0.39, 0.29) is 0 Å². The van der Waals surface area contributed by atoms with E-state index >= 15 is 0 Å². The van der Waals surface area contributed by atoms with Gasteiger partial charge in [0.05, 0.1) is 0 Å². The predicted octanol–water partition coefficient (Wildman–Crippen LogP) is 8.74. The van der Waals surface area contributed by atoms with Crippen molar-refractivity contribution >= 4 is 11.0 Å². The standard InChI is InChI=1S/C25H27N2.C10H14/c1-3-20(2)23-15-13-22(14-16-23)18-27-19-26(17-21-9-5-4-6-10-21)24-11-7-8-12-25(24)27;1-3-9(2)10-7-5-4-6-8-10/h4-16,19-20H,3,17-18H2,1-2H3;4-9H,3H2,1-2H3/q+1;. The molecule has 2 nitrogen and oxygen atoms in total. The zero-order chi connectivity index (χ0) is 26.0. The molecule has 2 atom stereocenters. The van der Waals surface area contributed by atoms with Crippen molar-refractivity contribution in [2.24, 2.45) is 0 Å². The van der Waals surface area contributed by atoms with E-state index in [4.69, 9.17) is 0 Å². The summed E-state index contributed by atoms with van der Waals surface area (Å²) in [5.41, 5.74) is 8.10. The number of imidazole rings is 1. The third kappa shape index (κ3) is 6.98. The summed E-state index contributed by atoms with van der Waals surface area (Å²) in [6, 6.07) is 39.1. The number of nitrogens with zero attached hydrogens (tertiary/aromatic N) is 2. The number of hydrogen-bond acceptors (Lipinski definition) is 0. The lowest BCUT2D eigenvalue weighted by atomic mass is 9.98. The molecule has 0 saturated carbocycles. The first-order chi connectivity index (χ1) is 18.1. The van der Waals surface area contributed by atoms with Crippen LogP contribution >= 0.6 is 0 Å². The third-order valence-corrected chi connectivity index (χ3v) is 7.47. The van der Waals surface area contributed by atoms with Crippen LogP contribution in [0.4, 0.5) is 0 Å². The first-order valence-corrected chi connectivity index (χ1v) is 13.7. The molecule has 37 heavy (non-hydrogen) atoms. The Bertz CT molecular complexity index is 1350. The summed E-state index contributed by atoms with van der Waals surface area (Å²) in [5.74, 6) is 1.33. The number of fused-ring (bicyclic) bond motifs is 1. The molecular weight excluding hydrogens is 448 g/mol. The molecule has 0 fully saturated rings. The van der Waals surface area contributed by atoms with Gasteiger partial charge in [0.1, 0.15) is 13.1 Å². The van der Waals surface area contributed by atoms with Crippen LogP contribution in [-0.2, 0) is 13.1 Å². The van der Waals surface area contributed by atoms with E-state index in [2.05, 4.69) is 152 Å². The smallest absolute Gasteiger partial charge is 0.226 e. The van der Waals surface area contributed by atoms with E-state index in [1.54, 1.807) is 0 Å². The Balaban J connectivity index is 0.000000270. The molecular formula is C35H41N2+. The maximum absolute atomic E-state index is 2.36. The molecule has 5 rings (SSSR count).